The van der Waals surface area contributed by atoms with Gasteiger partial charge in [0.1, 0.15) is 0 Å². The second kappa shape index (κ2) is 7.90. The normalized spacial score (nSPS) is 10.0. The van der Waals surface area contributed by atoms with Crippen molar-refractivity contribution >= 4 is 17.4 Å². The molecule has 0 saturated carbocycles. The maximum absolute atomic E-state index is 12.2. The van der Waals surface area contributed by atoms with Crippen LogP contribution in [0.5, 0.6) is 0 Å². The summed E-state index contributed by atoms with van der Waals surface area (Å²) in [7, 11) is 0. The summed E-state index contributed by atoms with van der Waals surface area (Å²) < 4.78 is 0. The highest BCUT2D eigenvalue weighted by molar-refractivity contribution is 5.92. The fraction of sp³-hybridized carbons (Fsp3) is 0.100. The minimum atomic E-state index is -0.279. The third-order valence-corrected chi connectivity index (χ3v) is 3.86. The number of aromatic nitrogens is 2. The molecular weight excluding hydrogens is 326 g/mol. The van der Waals surface area contributed by atoms with E-state index in [1.165, 1.54) is 0 Å². The molecule has 6 nitrogen and oxygen atoms in total. The van der Waals surface area contributed by atoms with Crippen LogP contribution >= 0.6 is 0 Å². The van der Waals surface area contributed by atoms with Gasteiger partial charge in [-0.15, -0.1) is 10.2 Å². The Balaban J connectivity index is 1.62. The van der Waals surface area contributed by atoms with Gasteiger partial charge in [-0.2, -0.15) is 5.26 Å². The van der Waals surface area contributed by atoms with E-state index in [4.69, 9.17) is 5.26 Å². The molecule has 0 bridgehead atoms. The molecule has 6 heteroatoms. The minimum absolute atomic E-state index is 0.245. The number of carbonyl (C=O) groups excluding carboxylic acids is 1. The van der Waals surface area contributed by atoms with Crippen molar-refractivity contribution in [3.05, 3.63) is 83.0 Å². The average Bonchev–Trinajstić information content (AvgIpc) is 2.68. The molecule has 1 aromatic heterocycles. The van der Waals surface area contributed by atoms with Crippen molar-refractivity contribution in [1.82, 2.24) is 15.5 Å². The van der Waals surface area contributed by atoms with Crippen LogP contribution in [0.3, 0.4) is 0 Å². The second-order valence-corrected chi connectivity index (χ2v) is 5.73. The molecule has 0 aliphatic heterocycles. The highest BCUT2D eigenvalue weighted by Crippen LogP contribution is 2.15. The molecule has 0 spiro atoms. The molecule has 0 radical (unpaired) electrons. The van der Waals surface area contributed by atoms with Gasteiger partial charge in [0.25, 0.3) is 5.91 Å². The molecule has 128 valence electrons. The lowest BCUT2D eigenvalue weighted by Crippen LogP contribution is -2.24. The first-order chi connectivity index (χ1) is 12.7. The lowest BCUT2D eigenvalue weighted by atomic mass is 10.1. The summed E-state index contributed by atoms with van der Waals surface area (Å²) in [5, 5.41) is 22.8. The van der Waals surface area contributed by atoms with Gasteiger partial charge in [-0.05, 0) is 48.4 Å². The molecule has 1 amide bonds. The van der Waals surface area contributed by atoms with Gasteiger partial charge in [0, 0.05) is 12.2 Å². The summed E-state index contributed by atoms with van der Waals surface area (Å²) >= 11 is 0. The third kappa shape index (κ3) is 4.22. The van der Waals surface area contributed by atoms with Gasteiger partial charge >= 0.3 is 0 Å². The number of benzene rings is 2. The molecule has 1 heterocycles. The number of nitrogens with zero attached hydrogens (tertiary/aromatic N) is 3. The summed E-state index contributed by atoms with van der Waals surface area (Å²) in [5.41, 5.74) is 3.71. The zero-order chi connectivity index (χ0) is 18.4. The van der Waals surface area contributed by atoms with Crippen LogP contribution < -0.4 is 10.6 Å². The van der Waals surface area contributed by atoms with Gasteiger partial charge in [0.2, 0.25) is 0 Å². The Bertz CT molecular complexity index is 960. The molecule has 0 saturated heterocycles. The van der Waals surface area contributed by atoms with E-state index in [0.717, 1.165) is 16.8 Å². The Morgan fingerprint density at radius 2 is 1.92 bits per heavy atom. The Morgan fingerprint density at radius 3 is 2.65 bits per heavy atom. The maximum Gasteiger partial charge on any atom is 0.272 e. The highest BCUT2D eigenvalue weighted by Gasteiger charge is 2.09. The molecule has 2 aromatic carbocycles. The summed E-state index contributed by atoms with van der Waals surface area (Å²) in [5.74, 6) is 0.217. The van der Waals surface area contributed by atoms with Crippen LogP contribution in [-0.2, 0) is 6.54 Å². The van der Waals surface area contributed by atoms with Crippen LogP contribution in [-0.4, -0.2) is 16.1 Å². The smallest absolute Gasteiger partial charge is 0.272 e. The van der Waals surface area contributed by atoms with Gasteiger partial charge in [0.05, 0.1) is 11.6 Å². The number of nitrogens with one attached hydrogen (secondary N) is 2. The fourth-order valence-electron chi connectivity index (χ4n) is 2.41. The molecule has 3 rings (SSSR count). The predicted molar refractivity (Wildman–Crippen MR) is 98.8 cm³/mol. The number of carbonyl (C=O) groups is 1. The van der Waals surface area contributed by atoms with E-state index in [-0.39, 0.29) is 11.6 Å². The van der Waals surface area contributed by atoms with Gasteiger partial charge in [-0.3, -0.25) is 4.79 Å². The first-order valence-electron chi connectivity index (χ1n) is 8.09. The van der Waals surface area contributed by atoms with Crippen molar-refractivity contribution in [2.24, 2.45) is 0 Å². The molecule has 0 aliphatic carbocycles. The van der Waals surface area contributed by atoms with Crippen LogP contribution in [0, 0.1) is 18.3 Å². The molecule has 0 fully saturated rings. The Morgan fingerprint density at radius 1 is 1.08 bits per heavy atom. The van der Waals surface area contributed by atoms with E-state index < -0.39 is 0 Å². The summed E-state index contributed by atoms with van der Waals surface area (Å²) in [4.78, 5) is 12.2. The monoisotopic (exact) mass is 343 g/mol. The minimum Gasteiger partial charge on any atom is -0.347 e. The van der Waals surface area contributed by atoms with Crippen molar-refractivity contribution in [3.8, 4) is 6.07 Å². The van der Waals surface area contributed by atoms with Crippen molar-refractivity contribution in [2.75, 3.05) is 5.32 Å². The van der Waals surface area contributed by atoms with Crippen molar-refractivity contribution in [1.29, 1.82) is 5.26 Å². The van der Waals surface area contributed by atoms with Crippen LogP contribution in [0.2, 0.25) is 0 Å². The molecule has 0 aliphatic rings. The van der Waals surface area contributed by atoms with Crippen LogP contribution in [0.4, 0.5) is 11.5 Å². The highest BCUT2D eigenvalue weighted by atomic mass is 16.1. The molecule has 0 atom stereocenters. The number of amides is 1. The van der Waals surface area contributed by atoms with Crippen LogP contribution in [0.15, 0.2) is 60.7 Å². The molecule has 2 N–H and O–H groups in total. The van der Waals surface area contributed by atoms with Crippen molar-refractivity contribution in [3.63, 3.8) is 0 Å². The quantitative estimate of drug-likeness (QED) is 0.741. The zero-order valence-electron chi connectivity index (χ0n) is 14.2. The number of hydrogen-bond donors (Lipinski definition) is 2. The standard InChI is InChI=1S/C20H17N5O/c1-14-5-2-3-7-16(14)13-22-20(26)18-9-10-19(25-24-18)23-17-8-4-6-15(11-17)12-21/h2-11H,13H2,1H3,(H,22,26)(H,23,25). The number of hydrogen-bond acceptors (Lipinski definition) is 5. The predicted octanol–water partition coefficient (Wildman–Crippen LogP) is 3.33. The number of aryl methyl sites for hydroxylation is 1. The first kappa shape index (κ1) is 17.1. The van der Waals surface area contributed by atoms with E-state index in [9.17, 15) is 4.79 Å². The van der Waals surface area contributed by atoms with Gasteiger partial charge in [-0.1, -0.05) is 30.3 Å². The number of anilines is 2. The van der Waals surface area contributed by atoms with Crippen molar-refractivity contribution < 1.29 is 4.79 Å². The lowest BCUT2D eigenvalue weighted by Gasteiger charge is -2.08. The number of rotatable bonds is 5. The molecular formula is C20H17N5O. The van der Waals surface area contributed by atoms with Crippen molar-refractivity contribution in [2.45, 2.75) is 13.5 Å². The molecule has 26 heavy (non-hydrogen) atoms. The van der Waals surface area contributed by atoms with E-state index in [2.05, 4.69) is 26.9 Å². The van der Waals surface area contributed by atoms with E-state index in [1.807, 2.05) is 37.3 Å². The fourth-order valence-corrected chi connectivity index (χ4v) is 2.41. The SMILES string of the molecule is Cc1ccccc1CNC(=O)c1ccc(Nc2cccc(C#N)c2)nn1. The summed E-state index contributed by atoms with van der Waals surface area (Å²) in [6.07, 6.45) is 0. The van der Waals surface area contributed by atoms with Gasteiger partial charge in [-0.25, -0.2) is 0 Å². The summed E-state index contributed by atoms with van der Waals surface area (Å²) in [6.45, 7) is 2.44. The zero-order valence-corrected chi connectivity index (χ0v) is 14.2. The average molecular weight is 343 g/mol. The third-order valence-electron chi connectivity index (χ3n) is 3.86. The van der Waals surface area contributed by atoms with Gasteiger partial charge in [0.15, 0.2) is 11.5 Å². The Hall–Kier alpha value is -3.72. The topological polar surface area (TPSA) is 90.7 Å². The second-order valence-electron chi connectivity index (χ2n) is 5.73. The first-order valence-corrected chi connectivity index (χ1v) is 8.09. The molecule has 0 unspecified atom stereocenters. The maximum atomic E-state index is 12.2. The van der Waals surface area contributed by atoms with E-state index in [0.29, 0.717) is 17.9 Å². The molecule has 3 aromatic rings. The lowest BCUT2D eigenvalue weighted by molar-refractivity contribution is 0.0945. The van der Waals surface area contributed by atoms with Crippen LogP contribution in [0.25, 0.3) is 0 Å². The Kier molecular flexibility index (Phi) is 5.20. The van der Waals surface area contributed by atoms with E-state index in [1.54, 1.807) is 30.3 Å². The number of nitriles is 1. The van der Waals surface area contributed by atoms with E-state index >= 15 is 0 Å². The van der Waals surface area contributed by atoms with Crippen LogP contribution in [0.1, 0.15) is 27.2 Å². The Labute approximate surface area is 151 Å². The largest absolute Gasteiger partial charge is 0.347 e. The van der Waals surface area contributed by atoms with Gasteiger partial charge < -0.3 is 10.6 Å². The summed E-state index contributed by atoms with van der Waals surface area (Å²) in [6, 6.07) is 20.3.